The molecule has 2 N–H and O–H groups in total. The van der Waals surface area contributed by atoms with Gasteiger partial charge in [0.15, 0.2) is 0 Å². The molecule has 0 aliphatic heterocycles. The number of nitrogens with zero attached hydrogens (tertiary/aromatic N) is 1. The van der Waals surface area contributed by atoms with E-state index in [1.54, 1.807) is 30.5 Å². The van der Waals surface area contributed by atoms with Crippen molar-refractivity contribution in [2.75, 3.05) is 25.1 Å². The molecule has 1 saturated carbocycles. The van der Waals surface area contributed by atoms with E-state index in [9.17, 15) is 14.0 Å². The number of aromatic nitrogens is 1. The van der Waals surface area contributed by atoms with E-state index in [1.165, 1.54) is 12.1 Å². The van der Waals surface area contributed by atoms with Gasteiger partial charge in [0.1, 0.15) is 12.4 Å². The van der Waals surface area contributed by atoms with Crippen molar-refractivity contribution in [1.82, 2.24) is 4.98 Å². The molecular formula is C22H25FN2O5. The summed E-state index contributed by atoms with van der Waals surface area (Å²) >= 11 is 0. The number of pyridine rings is 1. The lowest BCUT2D eigenvalue weighted by molar-refractivity contribution is -0.142. The van der Waals surface area contributed by atoms with E-state index in [2.05, 4.69) is 10.3 Å². The zero-order chi connectivity index (χ0) is 21.3. The van der Waals surface area contributed by atoms with Crippen LogP contribution in [0.4, 0.5) is 14.9 Å². The number of carbonyl (C=O) groups is 2. The number of hydrogen-bond donors (Lipinski definition) is 2. The molecule has 8 heteroatoms. The Balaban J connectivity index is 1.46. The third-order valence-electron chi connectivity index (χ3n) is 5.14. The Morgan fingerprint density at radius 3 is 2.53 bits per heavy atom. The van der Waals surface area contributed by atoms with Crippen LogP contribution in [-0.2, 0) is 14.3 Å². The first kappa shape index (κ1) is 21.7. The normalized spacial score (nSPS) is 18.6. The quantitative estimate of drug-likeness (QED) is 0.664. The van der Waals surface area contributed by atoms with Crippen molar-refractivity contribution in [1.29, 1.82) is 0 Å². The van der Waals surface area contributed by atoms with Gasteiger partial charge < -0.3 is 14.6 Å². The van der Waals surface area contributed by atoms with E-state index < -0.39 is 12.1 Å². The molecule has 3 rings (SSSR count). The summed E-state index contributed by atoms with van der Waals surface area (Å²) in [5.41, 5.74) is 1.48. The Hall–Kier alpha value is -3.00. The molecule has 160 valence electrons. The molecule has 30 heavy (non-hydrogen) atoms. The van der Waals surface area contributed by atoms with Gasteiger partial charge in [0.25, 0.3) is 0 Å². The van der Waals surface area contributed by atoms with Crippen molar-refractivity contribution in [3.8, 4) is 11.3 Å². The number of rotatable bonds is 8. The molecule has 7 nitrogen and oxygen atoms in total. The Bertz CT molecular complexity index is 868. The number of carboxylic acid groups (broad SMARTS) is 1. The van der Waals surface area contributed by atoms with Gasteiger partial charge in [-0.2, -0.15) is 0 Å². The summed E-state index contributed by atoms with van der Waals surface area (Å²) in [6.07, 6.45) is 4.64. The van der Waals surface area contributed by atoms with Gasteiger partial charge in [0.2, 0.25) is 0 Å². The van der Waals surface area contributed by atoms with Gasteiger partial charge in [-0.1, -0.05) is 12.1 Å². The van der Waals surface area contributed by atoms with E-state index in [4.69, 9.17) is 14.6 Å². The highest BCUT2D eigenvalue weighted by Crippen LogP contribution is 2.30. The molecule has 1 fully saturated rings. The Kier molecular flexibility index (Phi) is 7.73. The number of carboxylic acids is 1. The first-order valence-corrected chi connectivity index (χ1v) is 9.95. The monoisotopic (exact) mass is 416 g/mol. The standard InChI is InChI=1S/C22H25FN2O5/c23-18-4-1-3-17(11-18)21-19(5-2-10-24-21)25-22(28)30-13-16-8-6-15(7-9-16)12-29-14-20(26)27/h1-5,10-11,15-16H,6-9,12-14H2,(H,25,28)(H,26,27). The van der Waals surface area contributed by atoms with Crippen molar-refractivity contribution in [3.63, 3.8) is 0 Å². The molecule has 1 amide bonds. The predicted molar refractivity (Wildman–Crippen MR) is 109 cm³/mol. The van der Waals surface area contributed by atoms with E-state index in [1.807, 2.05) is 0 Å². The molecule has 0 radical (unpaired) electrons. The summed E-state index contributed by atoms with van der Waals surface area (Å²) < 4.78 is 24.1. The SMILES string of the molecule is O=C(O)COCC1CCC(COC(=O)Nc2cccnc2-c2cccc(F)c2)CC1. The second-order valence-electron chi connectivity index (χ2n) is 7.43. The molecule has 0 atom stereocenters. The molecule has 0 unspecified atom stereocenters. The average molecular weight is 416 g/mol. The molecule has 2 aromatic rings. The summed E-state index contributed by atoms with van der Waals surface area (Å²) in [6.45, 7) is 0.490. The molecular weight excluding hydrogens is 391 g/mol. The highest BCUT2D eigenvalue weighted by Gasteiger charge is 2.23. The molecule has 0 saturated heterocycles. The van der Waals surface area contributed by atoms with Crippen LogP contribution in [0.2, 0.25) is 0 Å². The number of halogens is 1. The summed E-state index contributed by atoms with van der Waals surface area (Å²) in [6, 6.07) is 9.40. The van der Waals surface area contributed by atoms with Gasteiger partial charge in [-0.05, 0) is 61.8 Å². The first-order valence-electron chi connectivity index (χ1n) is 9.95. The zero-order valence-electron chi connectivity index (χ0n) is 16.6. The van der Waals surface area contributed by atoms with E-state index in [-0.39, 0.29) is 18.3 Å². The second kappa shape index (κ2) is 10.7. The van der Waals surface area contributed by atoms with Crippen LogP contribution in [-0.4, -0.2) is 42.0 Å². The van der Waals surface area contributed by atoms with Crippen molar-refractivity contribution in [2.24, 2.45) is 11.8 Å². The van der Waals surface area contributed by atoms with Crippen LogP contribution < -0.4 is 5.32 Å². The van der Waals surface area contributed by atoms with Gasteiger partial charge in [0.05, 0.1) is 24.6 Å². The van der Waals surface area contributed by atoms with Crippen molar-refractivity contribution < 1.29 is 28.6 Å². The van der Waals surface area contributed by atoms with E-state index in [0.29, 0.717) is 36.1 Å². The predicted octanol–water partition coefficient (Wildman–Crippen LogP) is 4.34. The minimum Gasteiger partial charge on any atom is -0.480 e. The van der Waals surface area contributed by atoms with Crippen LogP contribution in [0.3, 0.4) is 0 Å². The van der Waals surface area contributed by atoms with Crippen molar-refractivity contribution >= 4 is 17.7 Å². The number of hydrogen-bond acceptors (Lipinski definition) is 5. The maximum Gasteiger partial charge on any atom is 0.411 e. The summed E-state index contributed by atoms with van der Waals surface area (Å²) in [7, 11) is 0. The number of aliphatic carboxylic acids is 1. The number of anilines is 1. The van der Waals surface area contributed by atoms with Crippen LogP contribution in [0.1, 0.15) is 25.7 Å². The zero-order valence-corrected chi connectivity index (χ0v) is 16.6. The van der Waals surface area contributed by atoms with Crippen molar-refractivity contribution in [3.05, 3.63) is 48.4 Å². The van der Waals surface area contributed by atoms with Gasteiger partial charge in [0, 0.05) is 11.8 Å². The third kappa shape index (κ3) is 6.52. The Morgan fingerprint density at radius 1 is 1.10 bits per heavy atom. The number of nitrogens with one attached hydrogen (secondary N) is 1. The van der Waals surface area contributed by atoms with Gasteiger partial charge in [-0.15, -0.1) is 0 Å². The molecule has 1 aliphatic rings. The number of carbonyl (C=O) groups excluding carboxylic acids is 1. The smallest absolute Gasteiger partial charge is 0.411 e. The van der Waals surface area contributed by atoms with Crippen molar-refractivity contribution in [2.45, 2.75) is 25.7 Å². The first-order chi connectivity index (χ1) is 14.5. The summed E-state index contributed by atoms with van der Waals surface area (Å²) in [4.78, 5) is 27.0. The summed E-state index contributed by atoms with van der Waals surface area (Å²) in [5.74, 6) is -0.727. The molecule has 1 heterocycles. The fourth-order valence-electron chi connectivity index (χ4n) is 3.59. The highest BCUT2D eigenvalue weighted by atomic mass is 19.1. The van der Waals surface area contributed by atoms with Crippen LogP contribution in [0.25, 0.3) is 11.3 Å². The summed E-state index contributed by atoms with van der Waals surface area (Å²) in [5, 5.41) is 11.3. The maximum atomic E-state index is 13.5. The average Bonchev–Trinajstić information content (AvgIpc) is 2.73. The third-order valence-corrected chi connectivity index (χ3v) is 5.14. The minimum atomic E-state index is -0.961. The Morgan fingerprint density at radius 2 is 1.83 bits per heavy atom. The molecule has 0 bridgehead atoms. The van der Waals surface area contributed by atoms with Crippen LogP contribution in [0, 0.1) is 17.7 Å². The van der Waals surface area contributed by atoms with E-state index in [0.717, 1.165) is 25.7 Å². The number of amides is 1. The number of ether oxygens (including phenoxy) is 2. The fraction of sp³-hybridized carbons (Fsp3) is 0.409. The lowest BCUT2D eigenvalue weighted by Crippen LogP contribution is -2.25. The Labute approximate surface area is 174 Å². The lowest BCUT2D eigenvalue weighted by Gasteiger charge is -2.27. The van der Waals surface area contributed by atoms with Crippen LogP contribution in [0.5, 0.6) is 0 Å². The maximum absolute atomic E-state index is 13.5. The molecule has 1 aliphatic carbocycles. The second-order valence-corrected chi connectivity index (χ2v) is 7.43. The fourth-order valence-corrected chi connectivity index (χ4v) is 3.59. The van der Waals surface area contributed by atoms with Crippen LogP contribution in [0.15, 0.2) is 42.6 Å². The largest absolute Gasteiger partial charge is 0.480 e. The molecule has 1 aromatic heterocycles. The topological polar surface area (TPSA) is 97.8 Å². The number of benzene rings is 1. The minimum absolute atomic E-state index is 0.267. The van der Waals surface area contributed by atoms with Gasteiger partial charge >= 0.3 is 12.1 Å². The van der Waals surface area contributed by atoms with E-state index >= 15 is 0 Å². The van der Waals surface area contributed by atoms with Gasteiger partial charge in [-0.25, -0.2) is 14.0 Å². The lowest BCUT2D eigenvalue weighted by atomic mass is 9.83. The molecule has 0 spiro atoms. The van der Waals surface area contributed by atoms with Crippen LogP contribution >= 0.6 is 0 Å². The highest BCUT2D eigenvalue weighted by molar-refractivity contribution is 5.90. The molecule has 1 aromatic carbocycles. The van der Waals surface area contributed by atoms with Gasteiger partial charge in [-0.3, -0.25) is 10.3 Å².